The third-order valence-corrected chi connectivity index (χ3v) is 5.09. The molecule has 2 aromatic carbocycles. The number of carbonyl (C=O) groups is 1. The number of fused-ring (bicyclic) bond motifs is 1. The molecule has 1 amide bonds. The van der Waals surface area contributed by atoms with Crippen molar-refractivity contribution in [2.45, 2.75) is 46.7 Å². The van der Waals surface area contributed by atoms with Crippen LogP contribution in [0, 0.1) is 11.7 Å². The lowest BCUT2D eigenvalue weighted by Crippen LogP contribution is -2.39. The molecule has 30 heavy (non-hydrogen) atoms. The van der Waals surface area contributed by atoms with Gasteiger partial charge in [0.2, 0.25) is 0 Å². The van der Waals surface area contributed by atoms with Crippen LogP contribution in [0.3, 0.4) is 0 Å². The summed E-state index contributed by atoms with van der Waals surface area (Å²) >= 11 is 0. The van der Waals surface area contributed by atoms with Gasteiger partial charge in [-0.15, -0.1) is 0 Å². The van der Waals surface area contributed by atoms with Crippen LogP contribution in [-0.2, 0) is 6.54 Å². The van der Waals surface area contributed by atoms with Gasteiger partial charge < -0.3 is 4.90 Å². The molecule has 1 aromatic heterocycles. The van der Waals surface area contributed by atoms with Crippen molar-refractivity contribution in [2.75, 3.05) is 6.54 Å². The molecule has 5 nitrogen and oxygen atoms in total. The van der Waals surface area contributed by atoms with Crippen molar-refractivity contribution in [2.24, 2.45) is 5.92 Å². The largest absolute Gasteiger partial charge is 0.328 e. The summed E-state index contributed by atoms with van der Waals surface area (Å²) in [5.74, 6) is 0.185. The lowest BCUT2D eigenvalue weighted by atomic mass is 10.1. The van der Waals surface area contributed by atoms with Crippen LogP contribution < -0.4 is 5.56 Å². The molecule has 0 saturated heterocycles. The molecule has 0 radical (unpaired) electrons. The molecular weight excluding hydrogens is 381 g/mol. The number of benzene rings is 2. The highest BCUT2D eigenvalue weighted by atomic mass is 19.1. The number of hydrogen-bond acceptors (Lipinski definition) is 3. The van der Waals surface area contributed by atoms with Gasteiger partial charge in [-0.25, -0.2) is 9.37 Å². The number of aromatic nitrogens is 2. The van der Waals surface area contributed by atoms with Gasteiger partial charge in [0, 0.05) is 18.7 Å². The summed E-state index contributed by atoms with van der Waals surface area (Å²) in [7, 11) is 0. The van der Waals surface area contributed by atoms with Crippen LogP contribution >= 0.6 is 0 Å². The first-order chi connectivity index (χ1) is 14.3. The Bertz CT molecular complexity index is 1090. The topological polar surface area (TPSA) is 55.2 Å². The molecule has 0 saturated carbocycles. The standard InChI is InChI=1S/C24H28FN3O2/c1-5-14-27-22(26-21-9-7-6-8-20(21)24(27)30)17(4)28(15-16(2)3)23(29)18-10-12-19(25)13-11-18/h6-13,16-17H,5,14-15H2,1-4H3/t17-/m1/s1. The maximum atomic E-state index is 13.3. The van der Waals surface area contributed by atoms with Gasteiger partial charge in [0.15, 0.2) is 0 Å². The Morgan fingerprint density at radius 1 is 1.10 bits per heavy atom. The fourth-order valence-electron chi connectivity index (χ4n) is 3.65. The first-order valence-electron chi connectivity index (χ1n) is 10.4. The Morgan fingerprint density at radius 3 is 2.40 bits per heavy atom. The zero-order chi connectivity index (χ0) is 21.8. The highest BCUT2D eigenvalue weighted by Crippen LogP contribution is 2.24. The first kappa shape index (κ1) is 21.7. The monoisotopic (exact) mass is 409 g/mol. The van der Waals surface area contributed by atoms with E-state index in [1.54, 1.807) is 15.5 Å². The van der Waals surface area contributed by atoms with Crippen molar-refractivity contribution < 1.29 is 9.18 Å². The van der Waals surface area contributed by atoms with Gasteiger partial charge in [0.1, 0.15) is 11.6 Å². The molecular formula is C24H28FN3O2. The number of hydrogen-bond donors (Lipinski definition) is 0. The predicted molar refractivity (Wildman–Crippen MR) is 117 cm³/mol. The zero-order valence-electron chi connectivity index (χ0n) is 17.9. The molecule has 1 atom stereocenters. The lowest BCUT2D eigenvalue weighted by Gasteiger charge is -2.32. The van der Waals surface area contributed by atoms with Crippen molar-refractivity contribution in [3.8, 4) is 0 Å². The van der Waals surface area contributed by atoms with Crippen molar-refractivity contribution in [1.29, 1.82) is 0 Å². The molecule has 0 aliphatic heterocycles. The molecule has 0 fully saturated rings. The van der Waals surface area contributed by atoms with Crippen molar-refractivity contribution in [1.82, 2.24) is 14.5 Å². The summed E-state index contributed by atoms with van der Waals surface area (Å²) in [6.07, 6.45) is 0.774. The lowest BCUT2D eigenvalue weighted by molar-refractivity contribution is 0.0652. The molecule has 0 aliphatic rings. The minimum Gasteiger partial charge on any atom is -0.328 e. The Morgan fingerprint density at radius 2 is 1.77 bits per heavy atom. The van der Waals surface area contributed by atoms with Crippen LogP contribution in [-0.4, -0.2) is 26.9 Å². The molecule has 3 rings (SSSR count). The average Bonchev–Trinajstić information content (AvgIpc) is 2.73. The van der Waals surface area contributed by atoms with E-state index in [1.807, 2.05) is 45.9 Å². The quantitative estimate of drug-likeness (QED) is 0.563. The summed E-state index contributed by atoms with van der Waals surface area (Å²) in [6, 6.07) is 12.4. The molecule has 158 valence electrons. The van der Waals surface area contributed by atoms with E-state index in [0.29, 0.717) is 35.4 Å². The van der Waals surface area contributed by atoms with E-state index in [4.69, 9.17) is 4.98 Å². The third-order valence-electron chi connectivity index (χ3n) is 5.09. The van der Waals surface area contributed by atoms with Crippen LogP contribution in [0.25, 0.3) is 10.9 Å². The van der Waals surface area contributed by atoms with Crippen LogP contribution in [0.5, 0.6) is 0 Å². The number of carbonyl (C=O) groups excluding carboxylic acids is 1. The summed E-state index contributed by atoms with van der Waals surface area (Å²) in [5, 5.41) is 0.571. The molecule has 6 heteroatoms. The maximum Gasteiger partial charge on any atom is 0.261 e. The SMILES string of the molecule is CCCn1c([C@@H](C)N(CC(C)C)C(=O)c2ccc(F)cc2)nc2ccccc2c1=O. The smallest absolute Gasteiger partial charge is 0.261 e. The van der Waals surface area contributed by atoms with Crippen LogP contribution in [0.4, 0.5) is 4.39 Å². The highest BCUT2D eigenvalue weighted by Gasteiger charge is 2.27. The second-order valence-corrected chi connectivity index (χ2v) is 7.98. The minimum absolute atomic E-state index is 0.0944. The molecule has 0 unspecified atom stereocenters. The van der Waals surface area contributed by atoms with Crippen LogP contribution in [0.2, 0.25) is 0 Å². The van der Waals surface area contributed by atoms with Crippen molar-refractivity contribution >= 4 is 16.8 Å². The first-order valence-corrected chi connectivity index (χ1v) is 10.4. The molecule has 1 heterocycles. The third kappa shape index (κ3) is 4.42. The molecule has 0 aliphatic carbocycles. The summed E-state index contributed by atoms with van der Waals surface area (Å²) < 4.78 is 15.0. The van der Waals surface area contributed by atoms with E-state index in [-0.39, 0.29) is 23.2 Å². The molecule has 0 bridgehead atoms. The maximum absolute atomic E-state index is 13.3. The average molecular weight is 410 g/mol. The predicted octanol–water partition coefficient (Wildman–Crippen LogP) is 4.81. The second-order valence-electron chi connectivity index (χ2n) is 7.98. The van der Waals surface area contributed by atoms with Gasteiger partial charge in [-0.2, -0.15) is 0 Å². The second kappa shape index (κ2) is 9.20. The van der Waals surface area contributed by atoms with Crippen molar-refractivity contribution in [3.05, 3.63) is 76.1 Å². The fourth-order valence-corrected chi connectivity index (χ4v) is 3.65. The normalized spacial score (nSPS) is 12.3. The van der Waals surface area contributed by atoms with Crippen LogP contribution in [0.15, 0.2) is 53.3 Å². The minimum atomic E-state index is -0.422. The summed E-state index contributed by atoms with van der Waals surface area (Å²) in [4.78, 5) is 33.0. The van der Waals surface area contributed by atoms with E-state index >= 15 is 0 Å². The fraction of sp³-hybridized carbons (Fsp3) is 0.375. The van der Waals surface area contributed by atoms with E-state index in [1.165, 1.54) is 24.3 Å². The van der Waals surface area contributed by atoms with Gasteiger partial charge in [-0.3, -0.25) is 14.2 Å². The van der Waals surface area contributed by atoms with Crippen LogP contribution in [0.1, 0.15) is 56.3 Å². The van der Waals surface area contributed by atoms with Gasteiger partial charge in [-0.05, 0) is 55.7 Å². The Hall–Kier alpha value is -3.02. The van der Waals surface area contributed by atoms with E-state index < -0.39 is 6.04 Å². The molecule has 0 N–H and O–H groups in total. The number of para-hydroxylation sites is 1. The Kier molecular flexibility index (Phi) is 6.65. The number of amides is 1. The molecule has 0 spiro atoms. The number of nitrogens with zero attached hydrogens (tertiary/aromatic N) is 3. The summed E-state index contributed by atoms with van der Waals surface area (Å²) in [5.41, 5.74) is 0.938. The number of rotatable bonds is 7. The Balaban J connectivity index is 2.11. The van der Waals surface area contributed by atoms with Crippen molar-refractivity contribution in [3.63, 3.8) is 0 Å². The van der Waals surface area contributed by atoms with Gasteiger partial charge in [0.25, 0.3) is 11.5 Å². The highest BCUT2D eigenvalue weighted by molar-refractivity contribution is 5.94. The molecule has 3 aromatic rings. The van der Waals surface area contributed by atoms with Gasteiger partial charge >= 0.3 is 0 Å². The Labute approximate surface area is 176 Å². The van der Waals surface area contributed by atoms with Gasteiger partial charge in [-0.1, -0.05) is 32.9 Å². The zero-order valence-corrected chi connectivity index (χ0v) is 17.9. The van der Waals surface area contributed by atoms with Gasteiger partial charge in [0.05, 0.1) is 16.9 Å². The van der Waals surface area contributed by atoms with E-state index in [0.717, 1.165) is 6.42 Å². The van der Waals surface area contributed by atoms with E-state index in [2.05, 4.69) is 0 Å². The summed E-state index contributed by atoms with van der Waals surface area (Å²) in [6.45, 7) is 8.98. The number of halogens is 1. The van der Waals surface area contributed by atoms with E-state index in [9.17, 15) is 14.0 Å².